The molecular formula is C10H17N3O. The van der Waals surface area contributed by atoms with Gasteiger partial charge in [0, 0.05) is 31.4 Å². The highest BCUT2D eigenvalue weighted by Gasteiger charge is 2.11. The number of imidazole rings is 1. The van der Waals surface area contributed by atoms with Gasteiger partial charge in [0.1, 0.15) is 0 Å². The van der Waals surface area contributed by atoms with E-state index < -0.39 is 0 Å². The summed E-state index contributed by atoms with van der Waals surface area (Å²) in [4.78, 5) is 15.7. The summed E-state index contributed by atoms with van der Waals surface area (Å²) in [7, 11) is 0. The number of carbonyl (C=O) groups is 1. The molecule has 0 spiro atoms. The van der Waals surface area contributed by atoms with Crippen LogP contribution in [0.25, 0.3) is 0 Å². The fraction of sp³-hybridized carbons (Fsp3) is 0.600. The van der Waals surface area contributed by atoms with E-state index in [2.05, 4.69) is 4.98 Å². The molecule has 2 N–H and O–H groups in total. The summed E-state index contributed by atoms with van der Waals surface area (Å²) in [6, 6.07) is 0.0731. The molecule has 1 aromatic rings. The van der Waals surface area contributed by atoms with Gasteiger partial charge >= 0.3 is 0 Å². The predicted molar refractivity (Wildman–Crippen MR) is 55.1 cm³/mol. The summed E-state index contributed by atoms with van der Waals surface area (Å²) in [5, 5.41) is 0. The number of nitrogens with zero attached hydrogens (tertiary/aromatic N) is 2. The lowest BCUT2D eigenvalue weighted by molar-refractivity contribution is 0.0964. The van der Waals surface area contributed by atoms with Crippen LogP contribution in [0.15, 0.2) is 12.4 Å². The molecule has 1 heterocycles. The molecule has 0 fully saturated rings. The smallest absolute Gasteiger partial charge is 0.198 e. The van der Waals surface area contributed by atoms with Crippen molar-refractivity contribution in [1.29, 1.82) is 0 Å². The number of Topliss-reactive ketones (excluding diaryl/α,β-unsaturated/α-hetero) is 1. The molecule has 1 rings (SSSR count). The van der Waals surface area contributed by atoms with Gasteiger partial charge in [0.2, 0.25) is 0 Å². The topological polar surface area (TPSA) is 60.9 Å². The van der Waals surface area contributed by atoms with Crippen molar-refractivity contribution in [3.05, 3.63) is 18.2 Å². The molecule has 0 saturated carbocycles. The second kappa shape index (κ2) is 4.91. The summed E-state index contributed by atoms with van der Waals surface area (Å²) in [6.07, 6.45) is 4.67. The first kappa shape index (κ1) is 10.9. The van der Waals surface area contributed by atoms with Gasteiger partial charge in [0.15, 0.2) is 11.6 Å². The van der Waals surface area contributed by atoms with Crippen molar-refractivity contribution in [2.45, 2.75) is 39.3 Å². The largest absolute Gasteiger partial charge is 0.329 e. The average Bonchev–Trinajstić information content (AvgIpc) is 2.61. The van der Waals surface area contributed by atoms with Crippen molar-refractivity contribution in [3.63, 3.8) is 0 Å². The van der Waals surface area contributed by atoms with Crippen LogP contribution >= 0.6 is 0 Å². The maximum absolute atomic E-state index is 11.7. The van der Waals surface area contributed by atoms with Crippen molar-refractivity contribution < 1.29 is 4.79 Å². The van der Waals surface area contributed by atoms with E-state index >= 15 is 0 Å². The standard InChI is InChI=1S/C10H17N3O/c1-3-13-7-6-12-10(13)9(14)5-4-8(2)11/h6-8H,3-5,11H2,1-2H3. The summed E-state index contributed by atoms with van der Waals surface area (Å²) < 4.78 is 1.85. The maximum Gasteiger partial charge on any atom is 0.198 e. The van der Waals surface area contributed by atoms with E-state index in [0.29, 0.717) is 12.2 Å². The number of ketones is 1. The van der Waals surface area contributed by atoms with Crippen molar-refractivity contribution in [3.8, 4) is 0 Å². The van der Waals surface area contributed by atoms with Crippen molar-refractivity contribution in [1.82, 2.24) is 9.55 Å². The molecule has 1 unspecified atom stereocenters. The Morgan fingerprint density at radius 1 is 1.71 bits per heavy atom. The van der Waals surface area contributed by atoms with E-state index in [1.165, 1.54) is 0 Å². The molecule has 1 aromatic heterocycles. The first-order valence-corrected chi connectivity index (χ1v) is 4.95. The van der Waals surface area contributed by atoms with Gasteiger partial charge in [-0.25, -0.2) is 4.98 Å². The van der Waals surface area contributed by atoms with Crippen molar-refractivity contribution >= 4 is 5.78 Å². The number of nitrogens with two attached hydrogens (primary N) is 1. The van der Waals surface area contributed by atoms with Crippen LogP contribution in [0, 0.1) is 0 Å². The summed E-state index contributed by atoms with van der Waals surface area (Å²) in [5.41, 5.74) is 5.59. The highest BCUT2D eigenvalue weighted by atomic mass is 16.1. The van der Waals surface area contributed by atoms with E-state index in [0.717, 1.165) is 13.0 Å². The number of rotatable bonds is 5. The quantitative estimate of drug-likeness (QED) is 0.718. The van der Waals surface area contributed by atoms with Gasteiger partial charge in [-0.1, -0.05) is 0 Å². The minimum absolute atomic E-state index is 0.0731. The molecule has 4 heteroatoms. The Kier molecular flexibility index (Phi) is 3.83. The van der Waals surface area contributed by atoms with Crippen LogP contribution in [0.2, 0.25) is 0 Å². The number of hydrogen-bond donors (Lipinski definition) is 1. The van der Waals surface area contributed by atoms with Crippen LogP contribution in [0.3, 0.4) is 0 Å². The van der Waals surface area contributed by atoms with Gasteiger partial charge in [0.05, 0.1) is 0 Å². The summed E-state index contributed by atoms with van der Waals surface area (Å²) in [6.45, 7) is 4.67. The van der Waals surface area contributed by atoms with Gasteiger partial charge in [-0.05, 0) is 20.3 Å². The zero-order valence-corrected chi connectivity index (χ0v) is 8.73. The third-order valence-electron chi connectivity index (χ3n) is 2.13. The molecule has 0 aromatic carbocycles. The Morgan fingerprint density at radius 3 is 3.00 bits per heavy atom. The summed E-state index contributed by atoms with van der Waals surface area (Å²) in [5.74, 6) is 0.627. The summed E-state index contributed by atoms with van der Waals surface area (Å²) >= 11 is 0. The SMILES string of the molecule is CCn1ccnc1C(=O)CCC(C)N. The van der Waals surface area contributed by atoms with Crippen LogP contribution in [0.5, 0.6) is 0 Å². The molecule has 0 aliphatic rings. The zero-order valence-electron chi connectivity index (χ0n) is 8.73. The van der Waals surface area contributed by atoms with E-state index in [9.17, 15) is 4.79 Å². The number of carbonyl (C=O) groups excluding carboxylic acids is 1. The molecular weight excluding hydrogens is 178 g/mol. The van der Waals surface area contributed by atoms with Gasteiger partial charge < -0.3 is 10.3 Å². The van der Waals surface area contributed by atoms with Gasteiger partial charge in [-0.3, -0.25) is 4.79 Å². The normalized spacial score (nSPS) is 12.8. The predicted octanol–water partition coefficient (Wildman–Crippen LogP) is 1.21. The van der Waals surface area contributed by atoms with Gasteiger partial charge in [0.25, 0.3) is 0 Å². The van der Waals surface area contributed by atoms with Gasteiger partial charge in [-0.15, -0.1) is 0 Å². The molecule has 0 aliphatic heterocycles. The Bertz CT molecular complexity index is 304. The third-order valence-corrected chi connectivity index (χ3v) is 2.13. The molecule has 0 bridgehead atoms. The second-order valence-corrected chi connectivity index (χ2v) is 3.48. The van der Waals surface area contributed by atoms with E-state index in [1.54, 1.807) is 6.20 Å². The minimum atomic E-state index is 0.0731. The Morgan fingerprint density at radius 2 is 2.43 bits per heavy atom. The molecule has 78 valence electrons. The lowest BCUT2D eigenvalue weighted by atomic mass is 10.1. The van der Waals surface area contributed by atoms with Crippen LogP contribution in [0.4, 0.5) is 0 Å². The molecule has 0 aliphatic carbocycles. The lowest BCUT2D eigenvalue weighted by Gasteiger charge is -2.05. The van der Waals surface area contributed by atoms with E-state index in [1.807, 2.05) is 24.6 Å². The van der Waals surface area contributed by atoms with Crippen molar-refractivity contribution in [2.75, 3.05) is 0 Å². The monoisotopic (exact) mass is 195 g/mol. The Balaban J connectivity index is 2.60. The minimum Gasteiger partial charge on any atom is -0.329 e. The number of aryl methyl sites for hydroxylation is 1. The van der Waals surface area contributed by atoms with Crippen molar-refractivity contribution in [2.24, 2.45) is 5.73 Å². The van der Waals surface area contributed by atoms with Gasteiger partial charge in [-0.2, -0.15) is 0 Å². The number of hydrogen-bond acceptors (Lipinski definition) is 3. The Labute approximate surface area is 84.1 Å². The molecule has 0 radical (unpaired) electrons. The highest BCUT2D eigenvalue weighted by Crippen LogP contribution is 2.04. The Hall–Kier alpha value is -1.16. The maximum atomic E-state index is 11.7. The average molecular weight is 195 g/mol. The highest BCUT2D eigenvalue weighted by molar-refractivity contribution is 5.92. The first-order chi connectivity index (χ1) is 6.65. The molecule has 0 saturated heterocycles. The molecule has 14 heavy (non-hydrogen) atoms. The molecule has 0 amide bonds. The first-order valence-electron chi connectivity index (χ1n) is 4.95. The molecule has 4 nitrogen and oxygen atoms in total. The fourth-order valence-electron chi connectivity index (χ4n) is 1.29. The zero-order chi connectivity index (χ0) is 10.6. The van der Waals surface area contributed by atoms with Crippen LogP contribution < -0.4 is 5.73 Å². The van der Waals surface area contributed by atoms with Crippen LogP contribution in [-0.4, -0.2) is 21.4 Å². The van der Waals surface area contributed by atoms with E-state index in [4.69, 9.17) is 5.73 Å². The second-order valence-electron chi connectivity index (χ2n) is 3.48. The van der Waals surface area contributed by atoms with Crippen LogP contribution in [-0.2, 0) is 6.54 Å². The molecule has 1 atom stereocenters. The fourth-order valence-corrected chi connectivity index (χ4v) is 1.29. The third kappa shape index (κ3) is 2.67. The number of aromatic nitrogens is 2. The van der Waals surface area contributed by atoms with E-state index in [-0.39, 0.29) is 11.8 Å². The lowest BCUT2D eigenvalue weighted by Crippen LogP contribution is -2.17. The van der Waals surface area contributed by atoms with Crippen LogP contribution in [0.1, 0.15) is 37.3 Å².